The molecule has 0 aliphatic carbocycles. The zero-order chi connectivity index (χ0) is 29.3. The van der Waals surface area contributed by atoms with Gasteiger partial charge >= 0.3 is 6.09 Å². The van der Waals surface area contributed by atoms with E-state index in [1.54, 1.807) is 4.90 Å². The number of hydrogen-bond acceptors (Lipinski definition) is 7. The molecule has 2 fully saturated rings. The van der Waals surface area contributed by atoms with E-state index in [-0.39, 0.29) is 12.1 Å². The molecular formula is C31H44N8O2. The number of fused-ring (bicyclic) bond motifs is 2. The summed E-state index contributed by atoms with van der Waals surface area (Å²) in [4.78, 5) is 18.9. The SMILES string of the molecule is C[C@H]1CN(C(=O)OC(C)(C)C)CCN1c1ccc2c(cnn2C)c1.C[C@H]1CNCCN1c1ccc2c(cnn2C)c1. The van der Waals surface area contributed by atoms with Crippen molar-refractivity contribution in [3.63, 3.8) is 0 Å². The smallest absolute Gasteiger partial charge is 0.410 e. The van der Waals surface area contributed by atoms with E-state index in [1.165, 1.54) is 22.3 Å². The summed E-state index contributed by atoms with van der Waals surface area (Å²) in [6.45, 7) is 15.4. The van der Waals surface area contributed by atoms with Gasteiger partial charge in [-0.15, -0.1) is 0 Å². The highest BCUT2D eigenvalue weighted by molar-refractivity contribution is 5.83. The summed E-state index contributed by atoms with van der Waals surface area (Å²) in [6, 6.07) is 13.8. The lowest BCUT2D eigenvalue weighted by Crippen LogP contribution is -2.54. The molecule has 1 N–H and O–H groups in total. The molecule has 10 heteroatoms. The molecule has 0 saturated carbocycles. The van der Waals surface area contributed by atoms with E-state index in [4.69, 9.17) is 4.74 Å². The summed E-state index contributed by atoms with van der Waals surface area (Å²) in [5, 5.41) is 14.4. The number of aromatic nitrogens is 4. The number of rotatable bonds is 2. The number of carbonyl (C=O) groups is 1. The first-order valence-electron chi connectivity index (χ1n) is 14.6. The lowest BCUT2D eigenvalue weighted by molar-refractivity contribution is 0.0219. The average molecular weight is 561 g/mol. The lowest BCUT2D eigenvalue weighted by Gasteiger charge is -2.41. The molecule has 0 spiro atoms. The van der Waals surface area contributed by atoms with Gasteiger partial charge < -0.3 is 24.8 Å². The molecular weight excluding hydrogens is 516 g/mol. The summed E-state index contributed by atoms with van der Waals surface area (Å²) >= 11 is 0. The Hall–Kier alpha value is -3.79. The van der Waals surface area contributed by atoms with Crippen LogP contribution in [0.15, 0.2) is 48.8 Å². The largest absolute Gasteiger partial charge is 0.444 e. The molecule has 2 saturated heterocycles. The maximum atomic E-state index is 12.3. The first kappa shape index (κ1) is 28.7. The van der Waals surface area contributed by atoms with Crippen LogP contribution in [0.1, 0.15) is 34.6 Å². The first-order valence-corrected chi connectivity index (χ1v) is 14.6. The summed E-state index contributed by atoms with van der Waals surface area (Å²) in [6.07, 6.45) is 3.60. The van der Waals surface area contributed by atoms with Crippen LogP contribution in [0.25, 0.3) is 21.8 Å². The van der Waals surface area contributed by atoms with Crippen LogP contribution < -0.4 is 15.1 Å². The van der Waals surface area contributed by atoms with Gasteiger partial charge in [0.15, 0.2) is 0 Å². The number of ether oxygens (including phenoxy) is 1. The van der Waals surface area contributed by atoms with Crippen LogP contribution >= 0.6 is 0 Å². The Morgan fingerprint density at radius 2 is 1.41 bits per heavy atom. The Labute approximate surface area is 242 Å². The van der Waals surface area contributed by atoms with Crippen LogP contribution in [-0.4, -0.2) is 87.5 Å². The molecule has 2 aromatic heterocycles. The molecule has 4 aromatic rings. The van der Waals surface area contributed by atoms with Gasteiger partial charge in [0.05, 0.1) is 23.4 Å². The van der Waals surface area contributed by atoms with E-state index in [0.717, 1.165) is 37.1 Å². The van der Waals surface area contributed by atoms with Crippen molar-refractivity contribution in [2.45, 2.75) is 52.3 Å². The number of aryl methyl sites for hydroxylation is 2. The third-order valence-electron chi connectivity index (χ3n) is 7.90. The van der Waals surface area contributed by atoms with E-state index in [9.17, 15) is 4.79 Å². The van der Waals surface area contributed by atoms with Gasteiger partial charge in [-0.1, -0.05) is 0 Å². The molecule has 2 atom stereocenters. The second-order valence-electron chi connectivity index (χ2n) is 12.2. The zero-order valence-corrected chi connectivity index (χ0v) is 25.5. The highest BCUT2D eigenvalue weighted by Crippen LogP contribution is 2.26. The molecule has 0 unspecified atom stereocenters. The number of amides is 1. The highest BCUT2D eigenvalue weighted by Gasteiger charge is 2.30. The summed E-state index contributed by atoms with van der Waals surface area (Å²) in [5.41, 5.74) is 4.34. The van der Waals surface area contributed by atoms with E-state index < -0.39 is 5.60 Å². The monoisotopic (exact) mass is 560 g/mol. The first-order chi connectivity index (χ1) is 19.5. The summed E-state index contributed by atoms with van der Waals surface area (Å²) in [7, 11) is 3.93. The molecule has 2 aromatic carbocycles. The molecule has 10 nitrogen and oxygen atoms in total. The van der Waals surface area contributed by atoms with Crippen molar-refractivity contribution in [3.05, 3.63) is 48.8 Å². The fourth-order valence-corrected chi connectivity index (χ4v) is 5.72. The number of piperazine rings is 2. The predicted octanol–water partition coefficient (Wildman–Crippen LogP) is 4.39. The van der Waals surface area contributed by atoms with Crippen molar-refractivity contribution < 1.29 is 9.53 Å². The Bertz CT molecular complexity index is 1500. The highest BCUT2D eigenvalue weighted by atomic mass is 16.6. The van der Waals surface area contributed by atoms with Gasteiger partial charge in [0.1, 0.15) is 5.60 Å². The third-order valence-corrected chi connectivity index (χ3v) is 7.90. The number of anilines is 2. The molecule has 6 rings (SSSR count). The van der Waals surface area contributed by atoms with Crippen molar-refractivity contribution in [1.82, 2.24) is 29.8 Å². The molecule has 1 amide bonds. The van der Waals surface area contributed by atoms with E-state index >= 15 is 0 Å². The van der Waals surface area contributed by atoms with Gasteiger partial charge in [-0.2, -0.15) is 10.2 Å². The minimum absolute atomic E-state index is 0.225. The summed E-state index contributed by atoms with van der Waals surface area (Å²) in [5.74, 6) is 0. The standard InChI is InChI=1S/C18H26N4O2.C13H18N4/c1-13-12-21(17(23)24-18(2,3)4)8-9-22(13)15-6-7-16-14(10-15)11-19-20(16)5;1-10-8-14-5-6-17(10)12-3-4-13-11(7-12)9-15-16(13)2/h6-7,10-11,13H,8-9,12H2,1-5H3;3-4,7,9-10,14H,5-6,8H2,1-2H3/t13-;10-/m00/s1. The van der Waals surface area contributed by atoms with Crippen LogP contribution in [0.4, 0.5) is 16.2 Å². The molecule has 41 heavy (non-hydrogen) atoms. The number of nitrogens with one attached hydrogen (secondary N) is 1. The molecule has 4 heterocycles. The van der Waals surface area contributed by atoms with Crippen molar-refractivity contribution in [2.75, 3.05) is 49.1 Å². The third kappa shape index (κ3) is 6.43. The lowest BCUT2D eigenvalue weighted by atomic mass is 10.1. The Morgan fingerprint density at radius 1 is 0.854 bits per heavy atom. The van der Waals surface area contributed by atoms with Crippen molar-refractivity contribution in [3.8, 4) is 0 Å². The van der Waals surface area contributed by atoms with E-state index in [1.807, 2.05) is 56.6 Å². The number of carbonyl (C=O) groups excluding carboxylic acids is 1. The van der Waals surface area contributed by atoms with Gasteiger partial charge in [0.25, 0.3) is 0 Å². The fourth-order valence-electron chi connectivity index (χ4n) is 5.72. The van der Waals surface area contributed by atoms with Crippen LogP contribution in [0.5, 0.6) is 0 Å². The zero-order valence-electron chi connectivity index (χ0n) is 25.5. The van der Waals surface area contributed by atoms with Gasteiger partial charge in [-0.25, -0.2) is 4.79 Å². The maximum Gasteiger partial charge on any atom is 0.410 e. The Kier molecular flexibility index (Phi) is 8.13. The van der Waals surface area contributed by atoms with Crippen molar-refractivity contribution in [2.24, 2.45) is 14.1 Å². The second kappa shape index (κ2) is 11.6. The van der Waals surface area contributed by atoms with Crippen molar-refractivity contribution >= 4 is 39.3 Å². The van der Waals surface area contributed by atoms with E-state index in [2.05, 4.69) is 75.6 Å². The van der Waals surface area contributed by atoms with Crippen LogP contribution in [0, 0.1) is 0 Å². The number of hydrogen-bond donors (Lipinski definition) is 1. The molecule has 2 aliphatic rings. The maximum absolute atomic E-state index is 12.3. The number of benzene rings is 2. The molecule has 2 aliphatic heterocycles. The van der Waals surface area contributed by atoms with Crippen molar-refractivity contribution in [1.29, 1.82) is 0 Å². The van der Waals surface area contributed by atoms with Gasteiger partial charge in [0, 0.05) is 87.6 Å². The minimum atomic E-state index is -0.456. The van der Waals surface area contributed by atoms with Gasteiger partial charge in [0.2, 0.25) is 0 Å². The normalized spacial score (nSPS) is 19.8. The van der Waals surface area contributed by atoms with Crippen LogP contribution in [-0.2, 0) is 18.8 Å². The fraction of sp³-hybridized carbons (Fsp3) is 0.516. The minimum Gasteiger partial charge on any atom is -0.444 e. The molecule has 220 valence electrons. The van der Waals surface area contributed by atoms with E-state index in [0.29, 0.717) is 19.1 Å². The van der Waals surface area contributed by atoms with Gasteiger partial charge in [-0.3, -0.25) is 9.36 Å². The quantitative estimate of drug-likeness (QED) is 0.389. The molecule has 0 bridgehead atoms. The Morgan fingerprint density at radius 3 is 1.93 bits per heavy atom. The van der Waals surface area contributed by atoms with Crippen LogP contribution in [0.2, 0.25) is 0 Å². The van der Waals surface area contributed by atoms with Crippen LogP contribution in [0.3, 0.4) is 0 Å². The second-order valence-corrected chi connectivity index (χ2v) is 12.2. The topological polar surface area (TPSA) is 83.7 Å². The predicted molar refractivity (Wildman–Crippen MR) is 166 cm³/mol. The number of nitrogens with zero attached hydrogens (tertiary/aromatic N) is 7. The molecule has 0 radical (unpaired) electrons. The summed E-state index contributed by atoms with van der Waals surface area (Å²) < 4.78 is 9.28. The Balaban J connectivity index is 0.000000174. The van der Waals surface area contributed by atoms with Gasteiger partial charge in [-0.05, 0) is 71.0 Å². The average Bonchev–Trinajstić information content (AvgIpc) is 3.49.